The Morgan fingerprint density at radius 2 is 1.32 bits per heavy atom. The van der Waals surface area contributed by atoms with Gasteiger partial charge in [-0.3, -0.25) is 57.5 Å². The van der Waals surface area contributed by atoms with Crippen LogP contribution in [0.1, 0.15) is 121 Å². The third-order valence-corrected chi connectivity index (χ3v) is 21.0. The monoisotopic (exact) mass is 1580 g/mol. The first-order chi connectivity index (χ1) is 52.2. The molecule has 3 aliphatic heterocycles. The molecule has 2 aromatic rings. The first kappa shape index (κ1) is 90.8. The van der Waals surface area contributed by atoms with Crippen LogP contribution in [0.3, 0.4) is 0 Å². The van der Waals surface area contributed by atoms with Crippen LogP contribution < -0.4 is 16.0 Å². The number of nitrogens with zero attached hydrogens (tertiary/aromatic N) is 9. The van der Waals surface area contributed by atoms with Gasteiger partial charge in [-0.2, -0.15) is 26.3 Å². The minimum atomic E-state index is -5.47. The third kappa shape index (κ3) is 23.5. The maximum absolute atomic E-state index is 15.7. The molecule has 6 rings (SSSR count). The van der Waals surface area contributed by atoms with E-state index >= 15 is 42.3 Å². The molecule has 1 saturated carbocycles. The van der Waals surface area contributed by atoms with Crippen molar-refractivity contribution >= 4 is 70.9 Å². The number of hydrogen-bond acceptors (Lipinski definition) is 15. The van der Waals surface area contributed by atoms with Crippen molar-refractivity contribution in [1.82, 2.24) is 60.0 Å². The lowest BCUT2D eigenvalue weighted by atomic mass is 9.90. The van der Waals surface area contributed by atoms with Crippen LogP contribution >= 0.6 is 0 Å². The van der Waals surface area contributed by atoms with Gasteiger partial charge in [0.25, 0.3) is 0 Å². The number of hydrogen-bond donors (Lipinski definition) is 3. The van der Waals surface area contributed by atoms with E-state index < -0.39 is 236 Å². The predicted octanol–water partition coefficient (Wildman–Crippen LogP) is 4.77. The van der Waals surface area contributed by atoms with Crippen LogP contribution in [0, 0.1) is 23.5 Å². The average Bonchev–Trinajstić information content (AvgIpc) is 1.50. The number of rotatable bonds is 19. The van der Waals surface area contributed by atoms with Crippen molar-refractivity contribution < 1.29 is 107 Å². The van der Waals surface area contributed by atoms with Crippen molar-refractivity contribution in [3.63, 3.8) is 0 Å². The molecule has 0 spiro atoms. The van der Waals surface area contributed by atoms with Crippen LogP contribution in [0.5, 0.6) is 0 Å². The van der Waals surface area contributed by atoms with Crippen LogP contribution in [-0.2, 0) is 96.9 Å². The number of likely N-dealkylation sites (N-methyl/N-ethyl adjacent to an activating group) is 6. The van der Waals surface area contributed by atoms with Gasteiger partial charge >= 0.3 is 12.4 Å². The second-order valence-corrected chi connectivity index (χ2v) is 29.1. The molecule has 3 saturated heterocycles. The van der Waals surface area contributed by atoms with E-state index in [4.69, 9.17) is 14.2 Å². The summed E-state index contributed by atoms with van der Waals surface area (Å²) in [5.74, 6) is -16.2. The summed E-state index contributed by atoms with van der Waals surface area (Å²) in [6.45, 7) is 12.1. The van der Waals surface area contributed by atoms with Crippen LogP contribution in [0.4, 0.5) is 35.1 Å². The largest absolute Gasteiger partial charge is 0.422 e. The van der Waals surface area contributed by atoms with E-state index in [2.05, 4.69) is 29.1 Å². The zero-order chi connectivity index (χ0) is 82.7. The van der Waals surface area contributed by atoms with Crippen molar-refractivity contribution in [2.75, 3.05) is 121 Å². The van der Waals surface area contributed by atoms with E-state index in [1.54, 1.807) is 27.7 Å². The van der Waals surface area contributed by atoms with E-state index in [1.165, 1.54) is 59.2 Å². The number of aryl methyl sites for hydroxylation is 1. The lowest BCUT2D eigenvalue weighted by Crippen LogP contribution is -2.65. The van der Waals surface area contributed by atoms with Gasteiger partial charge in [0.15, 0.2) is 0 Å². The summed E-state index contributed by atoms with van der Waals surface area (Å²) in [4.78, 5) is 190. The summed E-state index contributed by atoms with van der Waals surface area (Å²) in [6, 6.07) is -6.68. The smallest absolute Gasteiger partial charge is 0.378 e. The number of fused-ring (bicyclic) bond motifs is 1. The van der Waals surface area contributed by atoms with Gasteiger partial charge in [0.05, 0.1) is 64.2 Å². The number of ether oxygens (including phenoxy) is 3. The SMILES string of the molecule is C=CCOC[C@H]1C(=O)N[C@@H]([C@@H](C)CC)C(=O)N(C)CC(=O)N(C)CC(=O)N(CCC)[C@@H](Cc2ccc(C(F)(F)F)cc2)C(=O)N(C)CC(=O)N[C@@H](CCc2cc(F)c(C(F)(F)F)c(F)c2)C(=O)N2C[C@H](OCC)C[C@H]2C(=O)N[C@](C)(CC=C)C(=O)N(C)[C@@H](C2CCCC2)C(=O)N(C)[C@H](C(=O)N2CCOCC2)CC(=O)N1C. The molecule has 3 N–H and O–H groups in total. The summed E-state index contributed by atoms with van der Waals surface area (Å²) in [7, 11) is 7.48. The number of halogens is 8. The molecule has 111 heavy (non-hydrogen) atoms. The average molecular weight is 1580 g/mol. The maximum atomic E-state index is 15.7. The Morgan fingerprint density at radius 3 is 1.89 bits per heavy atom. The molecule has 4 fully saturated rings. The fourth-order valence-corrected chi connectivity index (χ4v) is 14.4. The zero-order valence-electron chi connectivity index (χ0n) is 64.9. The Balaban J connectivity index is 1.52. The number of alkyl halides is 6. The van der Waals surface area contributed by atoms with E-state index in [0.717, 1.165) is 70.5 Å². The highest BCUT2D eigenvalue weighted by atomic mass is 19.4. The Kier molecular flexibility index (Phi) is 33.0. The second kappa shape index (κ2) is 40.4. The van der Waals surface area contributed by atoms with E-state index in [0.29, 0.717) is 37.8 Å². The number of carbonyl (C=O) groups excluding carboxylic acids is 12. The van der Waals surface area contributed by atoms with Gasteiger partial charge in [-0.25, -0.2) is 8.78 Å². The summed E-state index contributed by atoms with van der Waals surface area (Å²) in [5, 5.41) is 8.03. The standard InChI is InChI=1S/C76H106F8N12O15/c1-14-29-74(7)73(108)93(13)65(49-21-19-20-22-49)72(107)92(12)56(70(105)94-31-34-109-35-32-94)40-60(98)91(11)58(45-110-33-16-3)66(101)86-64(46(6)17-4)71(106)90(10)43-61(99)88(8)44-62(100)95(30-15-2)57(38-47-23-26-50(27-24-47)75(79,80)81)69(104)89(9)42-59(97)85-54(28-25-48-36-52(77)63(53(78)37-48)76(82,83)84)68(103)96-41-51(111-18-5)39-55(96)67(102)87-74/h14,16,23-24,26-27,36-37,46,49,51,54-58,64-65H,1,3,15,17-22,25,28-35,38-45H2,2,4-13H3,(H,85,97)(H,86,101)(H,87,102)/t46-,51+,54-,55-,56-,57-,58-,64-,65-,74+/m0/s1. The van der Waals surface area contributed by atoms with Gasteiger partial charge in [0, 0.05) is 87.9 Å². The zero-order valence-corrected chi connectivity index (χ0v) is 64.9. The number of carbonyl (C=O) groups is 12. The highest BCUT2D eigenvalue weighted by molar-refractivity contribution is 6.01. The van der Waals surface area contributed by atoms with Gasteiger partial charge in [-0.05, 0) is 99.6 Å². The van der Waals surface area contributed by atoms with Crippen molar-refractivity contribution in [1.29, 1.82) is 0 Å². The molecule has 4 aliphatic rings. The van der Waals surface area contributed by atoms with Gasteiger partial charge < -0.3 is 74.3 Å². The van der Waals surface area contributed by atoms with Crippen molar-refractivity contribution in [3.05, 3.63) is 95.6 Å². The van der Waals surface area contributed by atoms with Crippen LogP contribution in [0.25, 0.3) is 0 Å². The normalized spacial score (nSPS) is 25.3. The summed E-state index contributed by atoms with van der Waals surface area (Å²) in [5.41, 5.74) is -5.63. The fraction of sp³-hybridized carbons (Fsp3) is 0.632. The van der Waals surface area contributed by atoms with Crippen molar-refractivity contribution in [2.24, 2.45) is 11.8 Å². The molecule has 0 aromatic heterocycles. The Morgan fingerprint density at radius 1 is 0.712 bits per heavy atom. The first-order valence-corrected chi connectivity index (χ1v) is 37.2. The molecule has 1 aliphatic carbocycles. The number of morpholine rings is 1. The molecule has 3 heterocycles. The molecule has 12 amide bonds. The number of nitrogens with one attached hydrogen (secondary N) is 3. The van der Waals surface area contributed by atoms with Gasteiger partial charge in [-0.15, -0.1) is 13.2 Å². The maximum Gasteiger partial charge on any atom is 0.422 e. The Bertz CT molecular complexity index is 3650. The number of benzene rings is 2. The molecular formula is C76H106F8N12O15. The topological polar surface area (TPSA) is 298 Å². The van der Waals surface area contributed by atoms with E-state index in [9.17, 15) is 50.3 Å². The second-order valence-electron chi connectivity index (χ2n) is 29.1. The summed E-state index contributed by atoms with van der Waals surface area (Å²) < 4.78 is 131. The van der Waals surface area contributed by atoms with E-state index in [-0.39, 0.29) is 77.3 Å². The quantitative estimate of drug-likeness (QED) is 0.0970. The van der Waals surface area contributed by atoms with E-state index in [1.807, 2.05) is 0 Å². The molecule has 10 atom stereocenters. The molecular weight excluding hydrogens is 1470 g/mol. The first-order valence-electron chi connectivity index (χ1n) is 37.2. The van der Waals surface area contributed by atoms with Gasteiger partial charge in [-0.1, -0.05) is 64.3 Å². The molecule has 0 bridgehead atoms. The van der Waals surface area contributed by atoms with Gasteiger partial charge in [0.2, 0.25) is 70.9 Å². The highest BCUT2D eigenvalue weighted by Gasteiger charge is 2.50. The molecule has 0 unspecified atom stereocenters. The Labute approximate surface area is 642 Å². The molecule has 35 heteroatoms. The number of amides is 12. The van der Waals surface area contributed by atoms with Crippen LogP contribution in [-0.4, -0.2) is 290 Å². The fourth-order valence-electron chi connectivity index (χ4n) is 14.4. The minimum absolute atomic E-state index is 0.0240. The van der Waals surface area contributed by atoms with Gasteiger partial charge in [0.1, 0.15) is 65.0 Å². The summed E-state index contributed by atoms with van der Waals surface area (Å²) >= 11 is 0. The summed E-state index contributed by atoms with van der Waals surface area (Å²) in [6.07, 6.45) is -9.23. The predicted molar refractivity (Wildman–Crippen MR) is 388 cm³/mol. The Hall–Kier alpha value is -9.12. The van der Waals surface area contributed by atoms with Crippen LogP contribution in [0.15, 0.2) is 61.7 Å². The lowest BCUT2D eigenvalue weighted by molar-refractivity contribution is -0.157. The lowest BCUT2D eigenvalue weighted by Gasteiger charge is -2.42. The molecule has 2 aromatic carbocycles. The van der Waals surface area contributed by atoms with Crippen molar-refractivity contribution in [3.8, 4) is 0 Å². The molecule has 0 radical (unpaired) electrons. The van der Waals surface area contributed by atoms with Crippen molar-refractivity contribution in [2.45, 2.75) is 178 Å². The highest BCUT2D eigenvalue weighted by Crippen LogP contribution is 2.37. The van der Waals surface area contributed by atoms with Crippen LogP contribution in [0.2, 0.25) is 0 Å². The third-order valence-electron chi connectivity index (χ3n) is 21.0. The minimum Gasteiger partial charge on any atom is -0.378 e. The molecule has 27 nitrogen and oxygen atoms in total. The molecule has 616 valence electrons.